The number of rotatable bonds is 4. The average Bonchev–Trinajstić information content (AvgIpc) is 3.25. The number of para-hydroxylation sites is 1. The van der Waals surface area contributed by atoms with Crippen molar-refractivity contribution in [3.63, 3.8) is 0 Å². The smallest absolute Gasteiger partial charge is 0.222 e. The molecule has 1 fully saturated rings. The van der Waals surface area contributed by atoms with E-state index in [4.69, 9.17) is 4.74 Å². The first kappa shape index (κ1) is 19.4. The van der Waals surface area contributed by atoms with Crippen LogP contribution in [0.5, 0.6) is 5.75 Å². The lowest BCUT2D eigenvalue weighted by atomic mass is 9.63. The highest BCUT2D eigenvalue weighted by Crippen LogP contribution is 2.46. The molecule has 2 aromatic carbocycles. The minimum Gasteiger partial charge on any atom is -0.488 e. The largest absolute Gasteiger partial charge is 0.488 e. The molecule has 2 atom stereocenters. The topological polar surface area (TPSA) is 29.5 Å². The lowest BCUT2D eigenvalue weighted by molar-refractivity contribution is -0.138. The number of piperidine rings is 1. The quantitative estimate of drug-likeness (QED) is 0.535. The van der Waals surface area contributed by atoms with Crippen molar-refractivity contribution in [3.8, 4) is 16.2 Å². The first-order chi connectivity index (χ1) is 14.5. The molecule has 1 saturated heterocycles. The van der Waals surface area contributed by atoms with E-state index < -0.39 is 0 Å². The van der Waals surface area contributed by atoms with Gasteiger partial charge in [0, 0.05) is 34.7 Å². The Morgan fingerprint density at radius 1 is 1.10 bits per heavy atom. The van der Waals surface area contributed by atoms with Crippen molar-refractivity contribution in [1.82, 2.24) is 4.90 Å². The lowest BCUT2D eigenvalue weighted by Gasteiger charge is -2.50. The molecule has 154 valence electrons. The van der Waals surface area contributed by atoms with Crippen molar-refractivity contribution in [2.24, 2.45) is 0 Å². The van der Waals surface area contributed by atoms with Crippen molar-refractivity contribution < 1.29 is 9.53 Å². The van der Waals surface area contributed by atoms with E-state index in [1.807, 2.05) is 42.3 Å². The van der Waals surface area contributed by atoms with Gasteiger partial charge in [-0.2, -0.15) is 0 Å². The molecule has 4 heteroatoms. The minimum absolute atomic E-state index is 0.0684. The van der Waals surface area contributed by atoms with Gasteiger partial charge in [-0.3, -0.25) is 4.79 Å². The van der Waals surface area contributed by atoms with Gasteiger partial charge in [-0.05, 0) is 60.2 Å². The summed E-state index contributed by atoms with van der Waals surface area (Å²) in [7, 11) is 1.98. The maximum Gasteiger partial charge on any atom is 0.222 e. The Hall–Kier alpha value is -2.59. The molecule has 5 rings (SSSR count). The second-order valence-corrected chi connectivity index (χ2v) is 9.88. The van der Waals surface area contributed by atoms with Crippen LogP contribution in [0, 0.1) is 0 Å². The highest BCUT2D eigenvalue weighted by Gasteiger charge is 2.46. The molecule has 2 heterocycles. The van der Waals surface area contributed by atoms with Crippen LogP contribution in [-0.2, 0) is 23.2 Å². The first-order valence-electron chi connectivity index (χ1n) is 10.7. The number of thiophene rings is 1. The molecule has 0 radical (unpaired) electrons. The first-order valence-corrected chi connectivity index (χ1v) is 11.5. The normalized spacial score (nSPS) is 23.1. The van der Waals surface area contributed by atoms with Gasteiger partial charge >= 0.3 is 0 Å². The predicted octanol–water partition coefficient (Wildman–Crippen LogP) is 5.82. The molecular formula is C26H27NO2S. The number of ether oxygens (including phenoxy) is 1. The van der Waals surface area contributed by atoms with Crippen molar-refractivity contribution in [1.29, 1.82) is 0 Å². The van der Waals surface area contributed by atoms with Crippen molar-refractivity contribution in [3.05, 3.63) is 76.7 Å². The van der Waals surface area contributed by atoms with Crippen LogP contribution in [0.2, 0.25) is 0 Å². The number of aryl methyl sites for hydroxylation is 1. The summed E-state index contributed by atoms with van der Waals surface area (Å²) in [5.74, 6) is 1.20. The highest BCUT2D eigenvalue weighted by atomic mass is 32.1. The molecule has 3 aromatic rings. The maximum atomic E-state index is 12.2. The number of likely N-dealkylation sites (tertiary alicyclic amines) is 1. The van der Waals surface area contributed by atoms with Gasteiger partial charge < -0.3 is 9.64 Å². The molecule has 2 aliphatic rings. The molecule has 1 aliphatic carbocycles. The summed E-state index contributed by atoms with van der Waals surface area (Å²) in [5.41, 5.74) is 4.24. The molecule has 0 N–H and O–H groups in total. The van der Waals surface area contributed by atoms with E-state index in [0.29, 0.717) is 25.0 Å². The monoisotopic (exact) mass is 417 g/mol. The number of benzene rings is 2. The van der Waals surface area contributed by atoms with Crippen LogP contribution in [-0.4, -0.2) is 23.9 Å². The van der Waals surface area contributed by atoms with Gasteiger partial charge in [0.2, 0.25) is 5.91 Å². The summed E-state index contributed by atoms with van der Waals surface area (Å²) in [4.78, 5) is 16.7. The van der Waals surface area contributed by atoms with Gasteiger partial charge in [0.05, 0.1) is 0 Å². The highest BCUT2D eigenvalue weighted by molar-refractivity contribution is 7.15. The fraction of sp³-hybridized carbons (Fsp3) is 0.346. The average molecular weight is 418 g/mol. The van der Waals surface area contributed by atoms with E-state index in [9.17, 15) is 4.79 Å². The molecule has 0 saturated carbocycles. The zero-order chi connectivity index (χ0) is 20.7. The van der Waals surface area contributed by atoms with Gasteiger partial charge in [-0.25, -0.2) is 0 Å². The zero-order valence-electron chi connectivity index (χ0n) is 17.6. The standard InChI is InChI=1S/C26H27NO2S/c1-26-15-14-25(28)27(2)24(26)13-9-18-16-19(8-11-22(18)26)23-12-10-21(30-23)17-29-20-6-4-3-5-7-20/h3-8,10-12,16,24H,9,13-15,17H2,1-2H3/t24-,26-/m1/s1. The number of fused-ring (bicyclic) bond motifs is 3. The molecule has 3 nitrogen and oxygen atoms in total. The Morgan fingerprint density at radius 3 is 2.77 bits per heavy atom. The fourth-order valence-electron chi connectivity index (χ4n) is 5.22. The number of hydrogen-bond donors (Lipinski definition) is 0. The number of carbonyl (C=O) groups is 1. The molecule has 0 bridgehead atoms. The predicted molar refractivity (Wildman–Crippen MR) is 122 cm³/mol. The van der Waals surface area contributed by atoms with E-state index >= 15 is 0 Å². The van der Waals surface area contributed by atoms with Crippen LogP contribution in [0.25, 0.3) is 10.4 Å². The molecule has 0 unspecified atom stereocenters. The Kier molecular flexibility index (Phi) is 4.90. The third-order valence-corrected chi connectivity index (χ3v) is 8.04. The summed E-state index contributed by atoms with van der Waals surface area (Å²) in [6.07, 6.45) is 3.69. The minimum atomic E-state index is 0.0684. The Bertz CT molecular complexity index is 1070. The molecule has 1 aromatic heterocycles. The van der Waals surface area contributed by atoms with Crippen LogP contribution in [0.15, 0.2) is 60.7 Å². The Labute approximate surface area is 182 Å². The number of carbonyl (C=O) groups excluding carboxylic acids is 1. The van der Waals surface area contributed by atoms with Crippen LogP contribution >= 0.6 is 11.3 Å². The number of hydrogen-bond acceptors (Lipinski definition) is 3. The van der Waals surface area contributed by atoms with Crippen molar-refractivity contribution in [2.75, 3.05) is 7.05 Å². The summed E-state index contributed by atoms with van der Waals surface area (Å²) in [5, 5.41) is 0. The van der Waals surface area contributed by atoms with Crippen LogP contribution in [0.4, 0.5) is 0 Å². The molecule has 0 spiro atoms. The van der Waals surface area contributed by atoms with E-state index in [-0.39, 0.29) is 5.41 Å². The number of amides is 1. The molecule has 1 amide bonds. The molecule has 1 aliphatic heterocycles. The van der Waals surface area contributed by atoms with Crippen LogP contribution in [0.3, 0.4) is 0 Å². The molecular weight excluding hydrogens is 390 g/mol. The Morgan fingerprint density at radius 2 is 1.93 bits per heavy atom. The van der Waals surface area contributed by atoms with Crippen molar-refractivity contribution >= 4 is 17.2 Å². The summed E-state index contributed by atoms with van der Waals surface area (Å²) in [6.45, 7) is 2.95. The van der Waals surface area contributed by atoms with Crippen molar-refractivity contribution in [2.45, 2.75) is 50.7 Å². The van der Waals surface area contributed by atoms with E-state index in [2.05, 4.69) is 37.3 Å². The second kappa shape index (κ2) is 7.59. The van der Waals surface area contributed by atoms with Gasteiger partial charge in [-0.1, -0.05) is 43.3 Å². The third-order valence-electron chi connectivity index (χ3n) is 6.93. The van der Waals surface area contributed by atoms with E-state index in [0.717, 1.165) is 25.0 Å². The molecule has 30 heavy (non-hydrogen) atoms. The van der Waals surface area contributed by atoms with Gasteiger partial charge in [0.25, 0.3) is 0 Å². The summed E-state index contributed by atoms with van der Waals surface area (Å²) >= 11 is 1.80. The summed E-state index contributed by atoms with van der Waals surface area (Å²) < 4.78 is 5.90. The maximum absolute atomic E-state index is 12.2. The fourth-order valence-corrected chi connectivity index (χ4v) is 6.14. The summed E-state index contributed by atoms with van der Waals surface area (Å²) in [6, 6.07) is 21.6. The van der Waals surface area contributed by atoms with Gasteiger partial charge in [0.15, 0.2) is 0 Å². The lowest BCUT2D eigenvalue weighted by Crippen LogP contribution is -2.56. The number of likely N-dealkylation sites (N-methyl/N-ethyl adjacent to an activating group) is 1. The number of nitrogens with zero attached hydrogens (tertiary/aromatic N) is 1. The van der Waals surface area contributed by atoms with Crippen LogP contribution in [0.1, 0.15) is 42.2 Å². The van der Waals surface area contributed by atoms with E-state index in [1.54, 1.807) is 11.3 Å². The third kappa shape index (κ3) is 3.33. The van der Waals surface area contributed by atoms with Gasteiger partial charge in [-0.15, -0.1) is 11.3 Å². The van der Waals surface area contributed by atoms with Gasteiger partial charge in [0.1, 0.15) is 12.4 Å². The second-order valence-electron chi connectivity index (χ2n) is 8.72. The zero-order valence-corrected chi connectivity index (χ0v) is 18.4. The van der Waals surface area contributed by atoms with Crippen LogP contribution < -0.4 is 4.74 Å². The van der Waals surface area contributed by atoms with E-state index in [1.165, 1.54) is 26.4 Å². The Balaban J connectivity index is 1.37. The SMILES string of the molecule is CN1C(=O)CC[C@]2(C)c3ccc(-c4ccc(COc5ccccc5)s4)cc3CC[C@@H]12.